The van der Waals surface area contributed by atoms with Crippen molar-refractivity contribution in [2.24, 2.45) is 0 Å². The summed E-state index contributed by atoms with van der Waals surface area (Å²) < 4.78 is 0. The molecule has 1 nitrogen and oxygen atoms in total. The molecule has 0 saturated heterocycles. The first kappa shape index (κ1) is 12.5. The number of alkyl halides is 1. The van der Waals surface area contributed by atoms with Gasteiger partial charge in [0.25, 0.3) is 0 Å². The zero-order chi connectivity index (χ0) is 13.2. The lowest BCUT2D eigenvalue weighted by Gasteiger charge is -2.06. The number of nitrogens with zero attached hydrogens (tertiary/aromatic N) is 1. The SMILES string of the molecule is ClCc1cc2cc(-c3ccccc3)ccc2nc1Cl. The molecular weight excluding hydrogens is 277 g/mol. The summed E-state index contributed by atoms with van der Waals surface area (Å²) in [6.45, 7) is 0. The van der Waals surface area contributed by atoms with Crippen molar-refractivity contribution in [2.75, 3.05) is 0 Å². The number of rotatable bonds is 2. The highest BCUT2D eigenvalue weighted by molar-refractivity contribution is 6.31. The Hall–Kier alpha value is -1.57. The lowest BCUT2D eigenvalue weighted by atomic mass is 10.0. The van der Waals surface area contributed by atoms with Gasteiger partial charge in [-0.25, -0.2) is 4.98 Å². The van der Waals surface area contributed by atoms with Crippen LogP contribution < -0.4 is 0 Å². The van der Waals surface area contributed by atoms with Gasteiger partial charge >= 0.3 is 0 Å². The van der Waals surface area contributed by atoms with Crippen LogP contribution in [0.1, 0.15) is 5.56 Å². The third-order valence-corrected chi connectivity index (χ3v) is 3.71. The molecule has 0 saturated carbocycles. The molecule has 0 unspecified atom stereocenters. The van der Waals surface area contributed by atoms with Gasteiger partial charge in [-0.1, -0.05) is 48.0 Å². The summed E-state index contributed by atoms with van der Waals surface area (Å²) in [6, 6.07) is 18.4. The third kappa shape index (κ3) is 2.44. The van der Waals surface area contributed by atoms with Gasteiger partial charge in [0.1, 0.15) is 5.15 Å². The molecule has 0 fully saturated rings. The van der Waals surface area contributed by atoms with E-state index >= 15 is 0 Å². The van der Waals surface area contributed by atoms with E-state index in [-0.39, 0.29) is 0 Å². The molecule has 0 N–H and O–H groups in total. The van der Waals surface area contributed by atoms with Gasteiger partial charge in [0.15, 0.2) is 0 Å². The first-order valence-corrected chi connectivity index (χ1v) is 6.90. The van der Waals surface area contributed by atoms with Crippen LogP contribution in [0.5, 0.6) is 0 Å². The van der Waals surface area contributed by atoms with Crippen molar-refractivity contribution in [3.8, 4) is 11.1 Å². The van der Waals surface area contributed by atoms with E-state index in [1.54, 1.807) is 0 Å². The molecular formula is C16H11Cl2N. The van der Waals surface area contributed by atoms with E-state index in [9.17, 15) is 0 Å². The molecule has 0 atom stereocenters. The normalized spacial score (nSPS) is 10.8. The minimum Gasteiger partial charge on any atom is -0.236 e. The molecule has 0 bridgehead atoms. The Kier molecular flexibility index (Phi) is 3.41. The molecule has 0 aliphatic rings. The summed E-state index contributed by atoms with van der Waals surface area (Å²) >= 11 is 11.9. The fourth-order valence-corrected chi connectivity index (χ4v) is 2.59. The molecule has 0 radical (unpaired) electrons. The van der Waals surface area contributed by atoms with E-state index in [1.165, 1.54) is 5.56 Å². The number of pyridine rings is 1. The lowest BCUT2D eigenvalue weighted by molar-refractivity contribution is 1.30. The van der Waals surface area contributed by atoms with Crippen LogP contribution >= 0.6 is 23.2 Å². The van der Waals surface area contributed by atoms with E-state index in [2.05, 4.69) is 29.2 Å². The van der Waals surface area contributed by atoms with E-state index in [0.717, 1.165) is 22.0 Å². The quantitative estimate of drug-likeness (QED) is 0.461. The first-order chi connectivity index (χ1) is 9.28. The molecule has 0 aliphatic heterocycles. The van der Waals surface area contributed by atoms with Crippen LogP contribution in [0.4, 0.5) is 0 Å². The molecule has 19 heavy (non-hydrogen) atoms. The number of hydrogen-bond donors (Lipinski definition) is 0. The summed E-state index contributed by atoms with van der Waals surface area (Å²) in [5.74, 6) is 0.372. The largest absolute Gasteiger partial charge is 0.236 e. The van der Waals surface area contributed by atoms with Crippen LogP contribution in [0, 0.1) is 0 Å². The van der Waals surface area contributed by atoms with Crippen molar-refractivity contribution >= 4 is 34.1 Å². The van der Waals surface area contributed by atoms with Crippen LogP contribution in [-0.4, -0.2) is 4.98 Å². The Morgan fingerprint density at radius 2 is 1.68 bits per heavy atom. The predicted molar refractivity (Wildman–Crippen MR) is 81.7 cm³/mol. The van der Waals surface area contributed by atoms with Gasteiger partial charge in [-0.05, 0) is 29.3 Å². The topological polar surface area (TPSA) is 12.9 Å². The average Bonchev–Trinajstić information content (AvgIpc) is 2.47. The van der Waals surface area contributed by atoms with Crippen LogP contribution in [0.25, 0.3) is 22.0 Å². The molecule has 2 aromatic carbocycles. The lowest BCUT2D eigenvalue weighted by Crippen LogP contribution is -1.88. The maximum absolute atomic E-state index is 6.06. The average molecular weight is 288 g/mol. The van der Waals surface area contributed by atoms with Crippen LogP contribution in [-0.2, 0) is 5.88 Å². The zero-order valence-electron chi connectivity index (χ0n) is 10.1. The van der Waals surface area contributed by atoms with Gasteiger partial charge in [0.05, 0.1) is 11.4 Å². The summed E-state index contributed by atoms with van der Waals surface area (Å²) in [5.41, 5.74) is 4.10. The highest BCUT2D eigenvalue weighted by Gasteiger charge is 2.05. The Morgan fingerprint density at radius 1 is 0.895 bits per heavy atom. The number of aromatic nitrogens is 1. The van der Waals surface area contributed by atoms with Gasteiger partial charge in [-0.2, -0.15) is 0 Å². The van der Waals surface area contributed by atoms with E-state index in [1.807, 2.05) is 30.3 Å². The summed E-state index contributed by atoms with van der Waals surface area (Å²) in [6.07, 6.45) is 0. The highest BCUT2D eigenvalue weighted by atomic mass is 35.5. The smallest absolute Gasteiger partial charge is 0.134 e. The Bertz CT molecular complexity index is 723. The third-order valence-electron chi connectivity index (χ3n) is 3.09. The van der Waals surface area contributed by atoms with Crippen molar-refractivity contribution in [3.63, 3.8) is 0 Å². The predicted octanol–water partition coefficient (Wildman–Crippen LogP) is 5.29. The van der Waals surface area contributed by atoms with E-state index < -0.39 is 0 Å². The van der Waals surface area contributed by atoms with E-state index in [4.69, 9.17) is 23.2 Å². The second-order valence-corrected chi connectivity index (χ2v) is 4.97. The zero-order valence-corrected chi connectivity index (χ0v) is 11.6. The first-order valence-electron chi connectivity index (χ1n) is 5.98. The Balaban J connectivity index is 2.18. The van der Waals surface area contributed by atoms with Crippen LogP contribution in [0.15, 0.2) is 54.6 Å². The molecule has 1 aromatic heterocycles. The van der Waals surface area contributed by atoms with Crippen molar-refractivity contribution in [3.05, 3.63) is 65.3 Å². The van der Waals surface area contributed by atoms with Gasteiger partial charge in [0, 0.05) is 10.9 Å². The maximum atomic E-state index is 6.06. The number of fused-ring (bicyclic) bond motifs is 1. The molecule has 0 aliphatic carbocycles. The Labute approximate surface area is 121 Å². The maximum Gasteiger partial charge on any atom is 0.134 e. The highest BCUT2D eigenvalue weighted by Crippen LogP contribution is 2.27. The van der Waals surface area contributed by atoms with Crippen LogP contribution in [0.3, 0.4) is 0 Å². The monoisotopic (exact) mass is 287 g/mol. The fourth-order valence-electron chi connectivity index (χ4n) is 2.10. The van der Waals surface area contributed by atoms with Gasteiger partial charge < -0.3 is 0 Å². The molecule has 3 rings (SSSR count). The van der Waals surface area contributed by atoms with Gasteiger partial charge in [-0.3, -0.25) is 0 Å². The summed E-state index contributed by atoms with van der Waals surface area (Å²) in [4.78, 5) is 4.36. The molecule has 1 heterocycles. The van der Waals surface area contributed by atoms with Crippen molar-refractivity contribution in [2.45, 2.75) is 5.88 Å². The van der Waals surface area contributed by atoms with Gasteiger partial charge in [-0.15, -0.1) is 11.6 Å². The van der Waals surface area contributed by atoms with Crippen molar-refractivity contribution in [1.29, 1.82) is 0 Å². The fraction of sp³-hybridized carbons (Fsp3) is 0.0625. The minimum atomic E-state index is 0.372. The molecule has 3 heteroatoms. The molecule has 94 valence electrons. The second kappa shape index (κ2) is 5.20. The summed E-state index contributed by atoms with van der Waals surface area (Å²) in [7, 11) is 0. The van der Waals surface area contributed by atoms with Crippen molar-refractivity contribution in [1.82, 2.24) is 4.98 Å². The number of hydrogen-bond acceptors (Lipinski definition) is 1. The van der Waals surface area contributed by atoms with Crippen molar-refractivity contribution < 1.29 is 0 Å². The van der Waals surface area contributed by atoms with Crippen LogP contribution in [0.2, 0.25) is 5.15 Å². The van der Waals surface area contributed by atoms with E-state index in [0.29, 0.717) is 11.0 Å². The molecule has 0 spiro atoms. The second-order valence-electron chi connectivity index (χ2n) is 4.35. The summed E-state index contributed by atoms with van der Waals surface area (Å²) in [5, 5.41) is 1.54. The molecule has 3 aromatic rings. The Morgan fingerprint density at radius 3 is 2.42 bits per heavy atom. The number of benzene rings is 2. The van der Waals surface area contributed by atoms with Gasteiger partial charge in [0.2, 0.25) is 0 Å². The molecule has 0 amide bonds. The minimum absolute atomic E-state index is 0.372. The number of halogens is 2. The standard InChI is InChI=1S/C16H11Cl2N/c17-10-14-9-13-8-12(11-4-2-1-3-5-11)6-7-15(13)19-16(14)18/h1-9H,10H2.